The smallest absolute Gasteiger partial charge is 0.333 e. The summed E-state index contributed by atoms with van der Waals surface area (Å²) in [4.78, 5) is 11.0. The highest BCUT2D eigenvalue weighted by atomic mass is 16.7. The Labute approximate surface area is 103 Å². The van der Waals surface area contributed by atoms with E-state index in [4.69, 9.17) is 9.47 Å². The summed E-state index contributed by atoms with van der Waals surface area (Å²) in [5.74, 6) is 1.61. The van der Waals surface area contributed by atoms with Gasteiger partial charge >= 0.3 is 5.97 Å². The van der Waals surface area contributed by atoms with Crippen molar-refractivity contribution in [1.82, 2.24) is 0 Å². The average molecular weight is 238 g/mol. The van der Waals surface area contributed by atoms with E-state index in [1.54, 1.807) is 6.08 Å². The lowest BCUT2D eigenvalue weighted by Crippen LogP contribution is -2.36. The van der Waals surface area contributed by atoms with Crippen LogP contribution < -0.4 is 0 Å². The van der Waals surface area contributed by atoms with Gasteiger partial charge in [-0.3, -0.25) is 0 Å². The van der Waals surface area contributed by atoms with Crippen molar-refractivity contribution < 1.29 is 14.3 Å². The van der Waals surface area contributed by atoms with Gasteiger partial charge in [0.2, 0.25) is 6.29 Å². The molecule has 3 heteroatoms. The molecule has 0 N–H and O–H groups in total. The second-order valence-electron chi connectivity index (χ2n) is 5.67. The maximum absolute atomic E-state index is 11.0. The number of ether oxygens (including phenoxy) is 2. The fourth-order valence-electron chi connectivity index (χ4n) is 2.87. The van der Waals surface area contributed by atoms with Crippen LogP contribution in [0.25, 0.3) is 0 Å². The second-order valence-corrected chi connectivity index (χ2v) is 5.67. The van der Waals surface area contributed by atoms with E-state index in [1.807, 2.05) is 0 Å². The van der Waals surface area contributed by atoms with E-state index >= 15 is 0 Å². The molecule has 0 radical (unpaired) electrons. The number of carbonyl (C=O) groups excluding carboxylic acids is 1. The van der Waals surface area contributed by atoms with E-state index in [0.717, 1.165) is 6.42 Å². The van der Waals surface area contributed by atoms with Crippen molar-refractivity contribution in [3.8, 4) is 0 Å². The molecule has 1 fully saturated rings. The van der Waals surface area contributed by atoms with Gasteiger partial charge in [-0.15, -0.1) is 0 Å². The molecule has 0 aromatic heterocycles. The number of carbonyl (C=O) groups is 1. The van der Waals surface area contributed by atoms with Gasteiger partial charge < -0.3 is 9.47 Å². The average Bonchev–Trinajstić information content (AvgIpc) is 2.63. The van der Waals surface area contributed by atoms with Crippen LogP contribution in [0.1, 0.15) is 40.0 Å². The zero-order valence-electron chi connectivity index (χ0n) is 10.9. The summed E-state index contributed by atoms with van der Waals surface area (Å²) >= 11 is 0. The third-order valence-electron chi connectivity index (χ3n) is 3.89. The fraction of sp³-hybridized carbons (Fsp3) is 0.786. The van der Waals surface area contributed by atoms with Crippen molar-refractivity contribution >= 4 is 5.97 Å². The molecule has 4 atom stereocenters. The highest BCUT2D eigenvalue weighted by Gasteiger charge is 2.34. The highest BCUT2D eigenvalue weighted by Crippen LogP contribution is 2.36. The highest BCUT2D eigenvalue weighted by molar-refractivity contribution is 5.84. The molecule has 0 bridgehead atoms. The Bertz CT molecular complexity index is 309. The zero-order chi connectivity index (χ0) is 12.4. The third kappa shape index (κ3) is 3.09. The molecule has 1 aliphatic heterocycles. The van der Waals surface area contributed by atoms with Crippen LogP contribution in [0.3, 0.4) is 0 Å². The molecule has 1 aliphatic carbocycles. The van der Waals surface area contributed by atoms with Gasteiger partial charge in [0.05, 0.1) is 6.10 Å². The molecule has 1 heterocycles. The van der Waals surface area contributed by atoms with E-state index in [2.05, 4.69) is 20.8 Å². The lowest BCUT2D eigenvalue weighted by Gasteiger charge is -2.37. The summed E-state index contributed by atoms with van der Waals surface area (Å²) in [5.41, 5.74) is 0. The maximum Gasteiger partial charge on any atom is 0.333 e. The fourth-order valence-corrected chi connectivity index (χ4v) is 2.87. The van der Waals surface area contributed by atoms with Crippen molar-refractivity contribution in [2.24, 2.45) is 17.8 Å². The first-order valence-corrected chi connectivity index (χ1v) is 6.60. The Morgan fingerprint density at radius 2 is 2.18 bits per heavy atom. The summed E-state index contributed by atoms with van der Waals surface area (Å²) in [6.45, 7) is 6.75. The summed E-state index contributed by atoms with van der Waals surface area (Å²) in [6.07, 6.45) is 6.49. The lowest BCUT2D eigenvalue weighted by molar-refractivity contribution is -0.178. The molecule has 0 saturated heterocycles. The van der Waals surface area contributed by atoms with E-state index in [1.165, 1.54) is 18.9 Å². The monoisotopic (exact) mass is 238 g/mol. The van der Waals surface area contributed by atoms with Crippen molar-refractivity contribution in [2.45, 2.75) is 52.4 Å². The molecule has 3 nitrogen and oxygen atoms in total. The van der Waals surface area contributed by atoms with Gasteiger partial charge in [-0.05, 0) is 36.7 Å². The van der Waals surface area contributed by atoms with Gasteiger partial charge in [0.25, 0.3) is 0 Å². The molecule has 96 valence electrons. The Balaban J connectivity index is 1.95. The van der Waals surface area contributed by atoms with Crippen LogP contribution in [0.4, 0.5) is 0 Å². The van der Waals surface area contributed by atoms with Crippen LogP contribution in [-0.2, 0) is 14.3 Å². The molecule has 2 rings (SSSR count). The number of hydrogen-bond donors (Lipinski definition) is 0. The predicted octanol–water partition coefficient (Wildman–Crippen LogP) is 2.90. The molecule has 0 amide bonds. The minimum Gasteiger partial charge on any atom is -0.429 e. The molecular formula is C14H22O3. The lowest BCUT2D eigenvalue weighted by atomic mass is 9.75. The SMILES string of the molecule is CC1CC[C@@H](C(C)C)[C@H](O[C@H]2C=CC(=O)O2)C1. The molecule has 0 aromatic carbocycles. The molecule has 17 heavy (non-hydrogen) atoms. The molecule has 1 saturated carbocycles. The van der Waals surface area contributed by atoms with E-state index in [9.17, 15) is 4.79 Å². The van der Waals surface area contributed by atoms with E-state index < -0.39 is 6.29 Å². The summed E-state index contributed by atoms with van der Waals surface area (Å²) in [6, 6.07) is 0. The van der Waals surface area contributed by atoms with Gasteiger partial charge in [-0.1, -0.05) is 27.2 Å². The molecule has 0 aromatic rings. The Morgan fingerprint density at radius 3 is 2.76 bits per heavy atom. The van der Waals surface area contributed by atoms with Crippen molar-refractivity contribution in [2.75, 3.05) is 0 Å². The number of esters is 1. The van der Waals surface area contributed by atoms with Crippen LogP contribution in [-0.4, -0.2) is 18.4 Å². The van der Waals surface area contributed by atoms with E-state index in [-0.39, 0.29) is 12.1 Å². The molecule has 1 unspecified atom stereocenters. The first kappa shape index (κ1) is 12.6. The largest absolute Gasteiger partial charge is 0.429 e. The van der Waals surface area contributed by atoms with Crippen LogP contribution >= 0.6 is 0 Å². The molecule has 0 spiro atoms. The van der Waals surface area contributed by atoms with E-state index in [0.29, 0.717) is 17.8 Å². The van der Waals surface area contributed by atoms with Crippen molar-refractivity contribution in [3.05, 3.63) is 12.2 Å². The number of hydrogen-bond acceptors (Lipinski definition) is 3. The van der Waals surface area contributed by atoms with Crippen LogP contribution in [0.5, 0.6) is 0 Å². The minimum absolute atomic E-state index is 0.222. The normalized spacial score (nSPS) is 37.5. The first-order valence-electron chi connectivity index (χ1n) is 6.60. The van der Waals surface area contributed by atoms with Crippen LogP contribution in [0.2, 0.25) is 0 Å². The van der Waals surface area contributed by atoms with Gasteiger partial charge in [-0.2, -0.15) is 0 Å². The van der Waals surface area contributed by atoms with Crippen LogP contribution in [0.15, 0.2) is 12.2 Å². The van der Waals surface area contributed by atoms with Gasteiger partial charge in [-0.25, -0.2) is 4.79 Å². The standard InChI is InChI=1S/C14H22O3/c1-9(2)11-5-4-10(3)8-12(11)16-14-7-6-13(15)17-14/h6-7,9-12,14H,4-5,8H2,1-3H3/t10?,11-,12+,14+/m0/s1. The Kier molecular flexibility index (Phi) is 3.87. The topological polar surface area (TPSA) is 35.5 Å². The number of cyclic esters (lactones) is 1. The van der Waals surface area contributed by atoms with Gasteiger partial charge in [0.15, 0.2) is 0 Å². The third-order valence-corrected chi connectivity index (χ3v) is 3.89. The molecular weight excluding hydrogens is 216 g/mol. The quantitative estimate of drug-likeness (QED) is 0.709. The Hall–Kier alpha value is -0.830. The maximum atomic E-state index is 11.0. The zero-order valence-corrected chi connectivity index (χ0v) is 10.9. The predicted molar refractivity (Wildman–Crippen MR) is 65.2 cm³/mol. The van der Waals surface area contributed by atoms with Gasteiger partial charge in [0, 0.05) is 6.08 Å². The van der Waals surface area contributed by atoms with Crippen LogP contribution in [0, 0.1) is 17.8 Å². The number of rotatable bonds is 3. The Morgan fingerprint density at radius 1 is 1.41 bits per heavy atom. The summed E-state index contributed by atoms with van der Waals surface area (Å²) in [7, 11) is 0. The minimum atomic E-state index is -0.459. The first-order chi connectivity index (χ1) is 8.06. The van der Waals surface area contributed by atoms with Crippen molar-refractivity contribution in [3.63, 3.8) is 0 Å². The second kappa shape index (κ2) is 5.21. The van der Waals surface area contributed by atoms with Crippen molar-refractivity contribution in [1.29, 1.82) is 0 Å². The summed E-state index contributed by atoms with van der Waals surface area (Å²) in [5, 5.41) is 0. The molecule has 2 aliphatic rings. The van der Waals surface area contributed by atoms with Gasteiger partial charge in [0.1, 0.15) is 0 Å². The summed E-state index contributed by atoms with van der Waals surface area (Å²) < 4.78 is 11.0.